The molecule has 0 atom stereocenters. The van der Waals surface area contributed by atoms with Gasteiger partial charge in [0.05, 0.1) is 13.5 Å². The quantitative estimate of drug-likeness (QED) is 0.344. The largest absolute Gasteiger partial charge is 0.289 e. The van der Waals surface area contributed by atoms with Crippen molar-refractivity contribution < 1.29 is 4.92 Å². The second-order valence-electron chi connectivity index (χ2n) is 1.95. The van der Waals surface area contributed by atoms with Gasteiger partial charge in [-0.15, -0.1) is 0 Å². The number of nitro groups is 1. The van der Waals surface area contributed by atoms with Crippen molar-refractivity contribution in [3.05, 3.63) is 35.9 Å². The zero-order valence-corrected chi connectivity index (χ0v) is 9.22. The average Bonchev–Trinajstić information content (AvgIpc) is 2.00. The Balaban J connectivity index is 3.36. The van der Waals surface area contributed by atoms with Gasteiger partial charge in [0.25, 0.3) is 5.69 Å². The van der Waals surface area contributed by atoms with E-state index < -0.39 is 4.92 Å². The van der Waals surface area contributed by atoms with Crippen molar-refractivity contribution in [2.24, 2.45) is 0 Å². The molecule has 0 fully saturated rings. The molecule has 0 unspecified atom stereocenters. The summed E-state index contributed by atoms with van der Waals surface area (Å²) in [6.07, 6.45) is 0. The molecule has 0 amide bonds. The van der Waals surface area contributed by atoms with Gasteiger partial charge in [0.1, 0.15) is 5.02 Å². The number of rotatable bonds is 1. The zero-order valence-electron chi connectivity index (χ0n) is 5.55. The van der Waals surface area contributed by atoms with Crippen molar-refractivity contribution >= 4 is 51.5 Å². The molecule has 1 aromatic carbocycles. The summed E-state index contributed by atoms with van der Waals surface area (Å²) in [5.74, 6) is 0. The number of hydrogen-bond donors (Lipinski definition) is 0. The summed E-state index contributed by atoms with van der Waals surface area (Å²) < 4.78 is 0.505. The Morgan fingerprint density at radius 3 is 2.50 bits per heavy atom. The lowest BCUT2D eigenvalue weighted by atomic mass is 10.3. The van der Waals surface area contributed by atoms with Gasteiger partial charge in [0, 0.05) is 6.07 Å². The van der Waals surface area contributed by atoms with E-state index in [1.54, 1.807) is 0 Å². The summed E-state index contributed by atoms with van der Waals surface area (Å²) >= 11 is 13.2. The molecule has 0 heterocycles. The number of hydrogen-bond acceptors (Lipinski definition) is 2. The fraction of sp³-hybridized carbons (Fsp3) is 0. The molecule has 0 aliphatic heterocycles. The van der Waals surface area contributed by atoms with Crippen LogP contribution in [0.15, 0.2) is 12.1 Å². The minimum atomic E-state index is -0.541. The van der Waals surface area contributed by atoms with Crippen LogP contribution in [0, 0.1) is 13.7 Å². The molecule has 0 saturated carbocycles. The first-order valence-corrected chi connectivity index (χ1v) is 4.65. The van der Waals surface area contributed by atoms with Crippen molar-refractivity contribution in [3.8, 4) is 0 Å². The predicted octanol–water partition coefficient (Wildman–Crippen LogP) is 3.51. The van der Waals surface area contributed by atoms with Gasteiger partial charge >= 0.3 is 0 Å². The minimum absolute atomic E-state index is 0.0908. The summed E-state index contributed by atoms with van der Waals surface area (Å²) in [5.41, 5.74) is -0.120. The van der Waals surface area contributed by atoms with Crippen LogP contribution in [0.1, 0.15) is 0 Å². The van der Waals surface area contributed by atoms with E-state index in [4.69, 9.17) is 23.2 Å². The van der Waals surface area contributed by atoms with Gasteiger partial charge in [-0.25, -0.2) is 0 Å². The first kappa shape index (κ1) is 10.0. The van der Waals surface area contributed by atoms with Gasteiger partial charge in [0.2, 0.25) is 0 Å². The second-order valence-corrected chi connectivity index (χ2v) is 3.82. The smallest absolute Gasteiger partial charge is 0.258 e. The molecule has 0 bridgehead atoms. The molecule has 0 aliphatic rings. The first-order valence-electron chi connectivity index (χ1n) is 2.82. The third-order valence-corrected chi connectivity index (χ3v) is 3.67. The lowest BCUT2D eigenvalue weighted by Crippen LogP contribution is -1.90. The molecule has 0 radical (unpaired) electrons. The fourth-order valence-corrected chi connectivity index (χ4v) is 1.55. The molecule has 0 spiro atoms. The molecule has 0 saturated heterocycles. The highest BCUT2D eigenvalue weighted by atomic mass is 127. The van der Waals surface area contributed by atoms with Crippen molar-refractivity contribution in [1.82, 2.24) is 0 Å². The Morgan fingerprint density at radius 2 is 2.00 bits per heavy atom. The van der Waals surface area contributed by atoms with Gasteiger partial charge < -0.3 is 0 Å². The van der Waals surface area contributed by atoms with E-state index in [1.807, 2.05) is 22.6 Å². The molecule has 0 N–H and O–H groups in total. The van der Waals surface area contributed by atoms with Crippen LogP contribution < -0.4 is 0 Å². The van der Waals surface area contributed by atoms with Gasteiger partial charge in [0.15, 0.2) is 0 Å². The van der Waals surface area contributed by atoms with Crippen LogP contribution in [0.25, 0.3) is 0 Å². The fourth-order valence-electron chi connectivity index (χ4n) is 0.657. The summed E-state index contributed by atoms with van der Waals surface area (Å²) in [5, 5.41) is 10.9. The summed E-state index contributed by atoms with van der Waals surface area (Å²) in [6.45, 7) is 0. The normalized spacial score (nSPS) is 9.92. The standard InChI is InChI=1S/C6H2Cl2INO2/c7-3-1-2-4(10(11)12)5(8)6(3)9/h1-2H. The third kappa shape index (κ3) is 1.81. The molecule has 0 aromatic heterocycles. The average molecular weight is 318 g/mol. The lowest BCUT2D eigenvalue weighted by molar-refractivity contribution is -0.384. The van der Waals surface area contributed by atoms with E-state index in [-0.39, 0.29) is 10.7 Å². The minimum Gasteiger partial charge on any atom is -0.258 e. The highest BCUT2D eigenvalue weighted by Gasteiger charge is 2.16. The van der Waals surface area contributed by atoms with E-state index >= 15 is 0 Å². The van der Waals surface area contributed by atoms with Gasteiger partial charge in [-0.05, 0) is 28.7 Å². The Hall–Kier alpha value is -0.0700. The van der Waals surface area contributed by atoms with E-state index in [2.05, 4.69) is 0 Å². The van der Waals surface area contributed by atoms with Gasteiger partial charge in [-0.3, -0.25) is 10.1 Å². The van der Waals surface area contributed by atoms with E-state index in [1.165, 1.54) is 12.1 Å². The SMILES string of the molecule is O=[N+]([O-])c1ccc(Cl)c(I)c1Cl. The highest BCUT2D eigenvalue weighted by Crippen LogP contribution is 2.33. The molecule has 3 nitrogen and oxygen atoms in total. The molecular weight excluding hydrogens is 316 g/mol. The Bertz CT molecular complexity index is 343. The monoisotopic (exact) mass is 317 g/mol. The summed E-state index contributed by atoms with van der Waals surface area (Å²) in [6, 6.07) is 2.74. The number of halogens is 3. The molecule has 1 aromatic rings. The third-order valence-electron chi connectivity index (χ3n) is 1.21. The first-order chi connectivity index (χ1) is 5.54. The zero-order chi connectivity index (χ0) is 9.30. The lowest BCUT2D eigenvalue weighted by Gasteiger charge is -1.98. The highest BCUT2D eigenvalue weighted by molar-refractivity contribution is 14.1. The van der Waals surface area contributed by atoms with Gasteiger partial charge in [-0.2, -0.15) is 0 Å². The Kier molecular flexibility index (Phi) is 3.14. The Labute approximate surface area is 92.0 Å². The number of nitrogens with zero attached hydrogens (tertiary/aromatic N) is 1. The van der Waals surface area contributed by atoms with E-state index in [0.29, 0.717) is 8.59 Å². The van der Waals surface area contributed by atoms with Crippen LogP contribution in [-0.4, -0.2) is 4.92 Å². The topological polar surface area (TPSA) is 43.1 Å². The number of benzene rings is 1. The van der Waals surface area contributed by atoms with Gasteiger partial charge in [-0.1, -0.05) is 23.2 Å². The number of nitro benzene ring substituents is 1. The summed E-state index contributed by atoms with van der Waals surface area (Å²) in [4.78, 5) is 9.82. The van der Waals surface area contributed by atoms with Crippen LogP contribution >= 0.6 is 45.8 Å². The maximum Gasteiger partial charge on any atom is 0.289 e. The molecule has 1 rings (SSSR count). The Morgan fingerprint density at radius 1 is 1.42 bits per heavy atom. The molecule has 6 heteroatoms. The second kappa shape index (κ2) is 3.76. The van der Waals surface area contributed by atoms with E-state index in [9.17, 15) is 10.1 Å². The van der Waals surface area contributed by atoms with Crippen molar-refractivity contribution in [3.63, 3.8) is 0 Å². The van der Waals surface area contributed by atoms with Crippen LogP contribution in [0.4, 0.5) is 5.69 Å². The van der Waals surface area contributed by atoms with E-state index in [0.717, 1.165) is 0 Å². The maximum absolute atomic E-state index is 10.4. The molecule has 0 aliphatic carbocycles. The van der Waals surface area contributed by atoms with Crippen LogP contribution in [0.2, 0.25) is 10.0 Å². The van der Waals surface area contributed by atoms with Crippen LogP contribution in [0.3, 0.4) is 0 Å². The van der Waals surface area contributed by atoms with Crippen molar-refractivity contribution in [1.29, 1.82) is 0 Å². The van der Waals surface area contributed by atoms with Crippen molar-refractivity contribution in [2.45, 2.75) is 0 Å². The van der Waals surface area contributed by atoms with Crippen molar-refractivity contribution in [2.75, 3.05) is 0 Å². The predicted molar refractivity (Wildman–Crippen MR) is 55.8 cm³/mol. The molecular formula is C6H2Cl2INO2. The maximum atomic E-state index is 10.4. The van der Waals surface area contributed by atoms with Crippen LogP contribution in [0.5, 0.6) is 0 Å². The van der Waals surface area contributed by atoms with Crippen LogP contribution in [-0.2, 0) is 0 Å². The summed E-state index contributed by atoms with van der Waals surface area (Å²) in [7, 11) is 0. The molecule has 64 valence electrons. The molecule has 12 heavy (non-hydrogen) atoms.